The summed E-state index contributed by atoms with van der Waals surface area (Å²) < 4.78 is 11.4. The van der Waals surface area contributed by atoms with Gasteiger partial charge in [0.25, 0.3) is 5.79 Å². The van der Waals surface area contributed by atoms with Crippen LogP contribution in [0.1, 0.15) is 64.5 Å². The number of carbonyl (C=O) groups is 2. The van der Waals surface area contributed by atoms with Gasteiger partial charge in [0.2, 0.25) is 0 Å². The first-order valence-electron chi connectivity index (χ1n) is 10.1. The zero-order valence-electron chi connectivity index (χ0n) is 18.2. The van der Waals surface area contributed by atoms with Crippen molar-refractivity contribution in [3.8, 4) is 0 Å². The zero-order valence-corrected chi connectivity index (χ0v) is 19.8. The predicted molar refractivity (Wildman–Crippen MR) is 121 cm³/mol. The van der Waals surface area contributed by atoms with Gasteiger partial charge in [-0.05, 0) is 56.6 Å². The summed E-state index contributed by atoms with van der Waals surface area (Å²) in [6.07, 6.45) is 0.920. The van der Waals surface area contributed by atoms with Gasteiger partial charge in [0.05, 0.1) is 13.1 Å². The standard InChI is InChI=1S/C22H32N2O4S2/c1-5-6-9-22(27-19(23)25,16-21(2,3)4)28-20(26)24(12-17-7-10-29-14-17)13-18-8-11-30-15-18/h7-8,10-11,14-15H,5-6,9,12-13,16H2,1-4H3,(H2,23,25)/t22-/m0/s1. The van der Waals surface area contributed by atoms with E-state index in [-0.39, 0.29) is 5.41 Å². The van der Waals surface area contributed by atoms with Crippen molar-refractivity contribution in [1.29, 1.82) is 0 Å². The highest BCUT2D eigenvalue weighted by atomic mass is 32.1. The number of nitrogens with zero attached hydrogens (tertiary/aromatic N) is 1. The smallest absolute Gasteiger partial charge is 0.406 e. The molecule has 0 saturated carbocycles. The lowest BCUT2D eigenvalue weighted by molar-refractivity contribution is -0.190. The van der Waals surface area contributed by atoms with Gasteiger partial charge in [0, 0.05) is 12.8 Å². The molecule has 0 aliphatic carbocycles. The maximum absolute atomic E-state index is 13.3. The van der Waals surface area contributed by atoms with Gasteiger partial charge in [-0.15, -0.1) is 0 Å². The van der Waals surface area contributed by atoms with Crippen LogP contribution in [0.4, 0.5) is 9.59 Å². The SMILES string of the molecule is CCCC[C@](CC(C)(C)C)(OC(N)=O)OC(=O)N(Cc1ccsc1)Cc1ccsc1. The van der Waals surface area contributed by atoms with Crippen molar-refractivity contribution in [2.24, 2.45) is 11.1 Å². The van der Waals surface area contributed by atoms with Gasteiger partial charge in [0.15, 0.2) is 0 Å². The number of nitrogens with two attached hydrogens (primary N) is 1. The lowest BCUT2D eigenvalue weighted by atomic mass is 9.85. The molecule has 2 aromatic rings. The van der Waals surface area contributed by atoms with Crippen LogP contribution in [0.5, 0.6) is 0 Å². The van der Waals surface area contributed by atoms with E-state index in [4.69, 9.17) is 15.2 Å². The van der Waals surface area contributed by atoms with E-state index in [0.717, 1.165) is 24.0 Å². The zero-order chi connectivity index (χ0) is 22.2. The molecule has 6 nitrogen and oxygen atoms in total. The quantitative estimate of drug-likeness (QED) is 0.425. The second-order valence-electron chi connectivity index (χ2n) is 8.66. The van der Waals surface area contributed by atoms with Crippen LogP contribution in [0.25, 0.3) is 0 Å². The highest BCUT2D eigenvalue weighted by molar-refractivity contribution is 7.08. The van der Waals surface area contributed by atoms with Crippen LogP contribution in [0.2, 0.25) is 0 Å². The number of primary amides is 1. The minimum Gasteiger partial charge on any atom is -0.406 e. The Morgan fingerprint density at radius 2 is 1.60 bits per heavy atom. The largest absolute Gasteiger partial charge is 0.413 e. The molecule has 2 amide bonds. The van der Waals surface area contributed by atoms with E-state index < -0.39 is 18.0 Å². The van der Waals surface area contributed by atoms with E-state index in [9.17, 15) is 9.59 Å². The molecule has 0 radical (unpaired) electrons. The summed E-state index contributed by atoms with van der Waals surface area (Å²) in [6, 6.07) is 3.97. The van der Waals surface area contributed by atoms with E-state index in [0.29, 0.717) is 25.9 Å². The fourth-order valence-corrected chi connectivity index (χ4v) is 4.66. The molecule has 0 aliphatic rings. The third kappa shape index (κ3) is 7.99. The molecule has 0 bridgehead atoms. The predicted octanol–water partition coefficient (Wildman–Crippen LogP) is 6.37. The van der Waals surface area contributed by atoms with Crippen molar-refractivity contribution in [2.75, 3.05) is 0 Å². The second-order valence-corrected chi connectivity index (χ2v) is 10.2. The first kappa shape index (κ1) is 24.2. The van der Waals surface area contributed by atoms with Crippen molar-refractivity contribution in [1.82, 2.24) is 4.90 Å². The van der Waals surface area contributed by atoms with Crippen LogP contribution < -0.4 is 5.73 Å². The summed E-state index contributed by atoms with van der Waals surface area (Å²) in [5, 5.41) is 7.97. The molecule has 166 valence electrons. The van der Waals surface area contributed by atoms with E-state index >= 15 is 0 Å². The van der Waals surface area contributed by atoms with Crippen LogP contribution in [0, 0.1) is 5.41 Å². The Morgan fingerprint density at radius 1 is 1.03 bits per heavy atom. The Bertz CT molecular complexity index is 748. The highest BCUT2D eigenvalue weighted by Crippen LogP contribution is 2.36. The fraction of sp³-hybridized carbons (Fsp3) is 0.545. The maximum Gasteiger partial charge on any atom is 0.413 e. The van der Waals surface area contributed by atoms with Gasteiger partial charge in [-0.3, -0.25) is 4.90 Å². The first-order chi connectivity index (χ1) is 14.1. The van der Waals surface area contributed by atoms with Crippen LogP contribution in [-0.4, -0.2) is 22.9 Å². The third-order valence-electron chi connectivity index (χ3n) is 4.44. The number of ether oxygens (including phenoxy) is 2. The van der Waals surface area contributed by atoms with Crippen LogP contribution in [0.15, 0.2) is 33.7 Å². The van der Waals surface area contributed by atoms with Gasteiger partial charge in [-0.2, -0.15) is 22.7 Å². The number of rotatable bonds is 10. The van der Waals surface area contributed by atoms with E-state index in [1.54, 1.807) is 27.6 Å². The lowest BCUT2D eigenvalue weighted by Crippen LogP contribution is -2.47. The monoisotopic (exact) mass is 452 g/mol. The summed E-state index contributed by atoms with van der Waals surface area (Å²) in [6.45, 7) is 8.90. The Hall–Kier alpha value is -2.06. The molecule has 2 rings (SSSR count). The van der Waals surface area contributed by atoms with Crippen LogP contribution in [-0.2, 0) is 22.6 Å². The molecular weight excluding hydrogens is 420 g/mol. The molecule has 8 heteroatoms. The average Bonchev–Trinajstić information content (AvgIpc) is 3.31. The molecule has 1 atom stereocenters. The number of carbonyl (C=O) groups excluding carboxylic acids is 2. The number of unbranched alkanes of at least 4 members (excludes halogenated alkanes) is 1. The Labute approximate surface area is 187 Å². The van der Waals surface area contributed by atoms with E-state index in [1.807, 2.05) is 61.3 Å². The van der Waals surface area contributed by atoms with E-state index in [2.05, 4.69) is 0 Å². The summed E-state index contributed by atoms with van der Waals surface area (Å²) in [5.41, 5.74) is 7.19. The van der Waals surface area contributed by atoms with Gasteiger partial charge in [0.1, 0.15) is 0 Å². The van der Waals surface area contributed by atoms with Crippen molar-refractivity contribution >= 4 is 34.9 Å². The third-order valence-corrected chi connectivity index (χ3v) is 5.90. The maximum atomic E-state index is 13.3. The molecule has 0 unspecified atom stereocenters. The molecule has 30 heavy (non-hydrogen) atoms. The lowest BCUT2D eigenvalue weighted by Gasteiger charge is -2.38. The minimum absolute atomic E-state index is 0.241. The van der Waals surface area contributed by atoms with Crippen molar-refractivity contribution in [2.45, 2.75) is 72.3 Å². The minimum atomic E-state index is -1.39. The molecule has 0 aliphatic heterocycles. The van der Waals surface area contributed by atoms with Crippen LogP contribution >= 0.6 is 22.7 Å². The molecule has 0 fully saturated rings. The van der Waals surface area contributed by atoms with Crippen molar-refractivity contribution in [3.05, 3.63) is 44.8 Å². The van der Waals surface area contributed by atoms with Gasteiger partial charge < -0.3 is 15.2 Å². The number of hydrogen-bond acceptors (Lipinski definition) is 6. The Kier molecular flexibility index (Phi) is 8.73. The molecule has 0 aromatic carbocycles. The number of hydrogen-bond donors (Lipinski definition) is 1. The van der Waals surface area contributed by atoms with Gasteiger partial charge >= 0.3 is 12.2 Å². The highest BCUT2D eigenvalue weighted by Gasteiger charge is 2.42. The topological polar surface area (TPSA) is 81.9 Å². The van der Waals surface area contributed by atoms with Crippen molar-refractivity contribution < 1.29 is 19.1 Å². The number of thiophene rings is 2. The molecule has 2 aromatic heterocycles. The van der Waals surface area contributed by atoms with Crippen LogP contribution in [0.3, 0.4) is 0 Å². The molecule has 0 saturated heterocycles. The molecule has 2 heterocycles. The van der Waals surface area contributed by atoms with E-state index in [1.165, 1.54) is 0 Å². The summed E-state index contributed by atoms with van der Waals surface area (Å²) >= 11 is 3.16. The second kappa shape index (κ2) is 10.8. The molecule has 2 N–H and O–H groups in total. The van der Waals surface area contributed by atoms with Gasteiger partial charge in [-0.25, -0.2) is 9.59 Å². The summed E-state index contributed by atoms with van der Waals surface area (Å²) in [4.78, 5) is 26.7. The van der Waals surface area contributed by atoms with Crippen molar-refractivity contribution in [3.63, 3.8) is 0 Å². The summed E-state index contributed by atoms with van der Waals surface area (Å²) in [5.74, 6) is -1.39. The Morgan fingerprint density at radius 3 is 2.00 bits per heavy atom. The Balaban J connectivity index is 2.29. The fourth-order valence-electron chi connectivity index (χ4n) is 3.34. The summed E-state index contributed by atoms with van der Waals surface area (Å²) in [7, 11) is 0. The molecule has 0 spiro atoms. The normalized spacial score (nSPS) is 13.5. The average molecular weight is 453 g/mol. The first-order valence-corrected chi connectivity index (χ1v) is 12.0. The molecular formula is C22H32N2O4S2. The number of amides is 2. The van der Waals surface area contributed by atoms with Gasteiger partial charge in [-0.1, -0.05) is 34.1 Å².